The predicted octanol–water partition coefficient (Wildman–Crippen LogP) is 4.52. The van der Waals surface area contributed by atoms with E-state index in [-0.39, 0.29) is 0 Å². The molecule has 5 rings (SSSR count). The molecule has 0 bridgehead atoms. The molecule has 6 nitrogen and oxygen atoms in total. The summed E-state index contributed by atoms with van der Waals surface area (Å²) < 4.78 is 8.11. The lowest BCUT2D eigenvalue weighted by Gasteiger charge is -2.22. The van der Waals surface area contributed by atoms with E-state index in [4.69, 9.17) is 4.74 Å². The molecule has 146 valence electrons. The van der Waals surface area contributed by atoms with Gasteiger partial charge in [0.2, 0.25) is 5.88 Å². The van der Waals surface area contributed by atoms with Crippen molar-refractivity contribution in [2.24, 2.45) is 0 Å². The molecule has 0 aliphatic carbocycles. The molecule has 0 spiro atoms. The fourth-order valence-corrected chi connectivity index (χ4v) is 3.77. The van der Waals surface area contributed by atoms with Gasteiger partial charge < -0.3 is 10.1 Å². The molecule has 4 aromatic rings. The Morgan fingerprint density at radius 1 is 1.00 bits per heavy atom. The van der Waals surface area contributed by atoms with Crippen LogP contribution < -0.4 is 10.1 Å². The van der Waals surface area contributed by atoms with E-state index in [2.05, 4.69) is 50.3 Å². The molecule has 0 saturated carbocycles. The minimum atomic E-state index is 0.474. The normalized spacial score (nSPS) is 14.9. The van der Waals surface area contributed by atoms with Gasteiger partial charge in [-0.25, -0.2) is 9.97 Å². The molecule has 3 heterocycles. The third-order valence-electron chi connectivity index (χ3n) is 5.45. The summed E-state index contributed by atoms with van der Waals surface area (Å²) in [7, 11) is 0. The molecule has 1 N–H and O–H groups in total. The van der Waals surface area contributed by atoms with Gasteiger partial charge in [0.05, 0.1) is 23.1 Å². The maximum atomic E-state index is 6.00. The van der Waals surface area contributed by atoms with E-state index in [9.17, 15) is 0 Å². The highest BCUT2D eigenvalue weighted by Crippen LogP contribution is 2.30. The molecule has 6 heteroatoms. The Hall–Kier alpha value is -3.25. The number of hydrogen-bond acceptors (Lipinski definition) is 5. The molecule has 0 atom stereocenters. The average Bonchev–Trinajstić information content (AvgIpc) is 3.26. The number of rotatable bonds is 4. The SMILES string of the molecule is Cc1ccc(Oc2ncnc3cc(-c4cnn(C5CCNCC5)c4)ccc23)cc1. The van der Waals surface area contributed by atoms with E-state index in [0.717, 1.165) is 53.7 Å². The number of aryl methyl sites for hydroxylation is 1. The van der Waals surface area contributed by atoms with Crippen LogP contribution in [0.1, 0.15) is 24.4 Å². The Labute approximate surface area is 169 Å². The highest BCUT2D eigenvalue weighted by molar-refractivity contribution is 5.87. The summed E-state index contributed by atoms with van der Waals surface area (Å²) in [5.74, 6) is 1.33. The summed E-state index contributed by atoms with van der Waals surface area (Å²) in [5.41, 5.74) is 4.25. The summed E-state index contributed by atoms with van der Waals surface area (Å²) in [4.78, 5) is 8.79. The average molecular weight is 385 g/mol. The quantitative estimate of drug-likeness (QED) is 0.560. The van der Waals surface area contributed by atoms with Crippen LogP contribution in [0.2, 0.25) is 0 Å². The zero-order chi connectivity index (χ0) is 19.6. The number of benzene rings is 2. The lowest BCUT2D eigenvalue weighted by atomic mass is 10.1. The van der Waals surface area contributed by atoms with Gasteiger partial charge >= 0.3 is 0 Å². The van der Waals surface area contributed by atoms with Crippen molar-refractivity contribution in [3.05, 3.63) is 66.7 Å². The largest absolute Gasteiger partial charge is 0.438 e. The number of hydrogen-bond donors (Lipinski definition) is 1. The smallest absolute Gasteiger partial charge is 0.230 e. The van der Waals surface area contributed by atoms with E-state index in [0.29, 0.717) is 11.9 Å². The van der Waals surface area contributed by atoms with Crippen molar-refractivity contribution >= 4 is 10.9 Å². The van der Waals surface area contributed by atoms with Crippen LogP contribution in [-0.2, 0) is 0 Å². The second-order valence-electron chi connectivity index (χ2n) is 7.52. The zero-order valence-electron chi connectivity index (χ0n) is 16.4. The van der Waals surface area contributed by atoms with Crippen molar-refractivity contribution in [3.63, 3.8) is 0 Å². The number of nitrogens with one attached hydrogen (secondary N) is 1. The van der Waals surface area contributed by atoms with Crippen molar-refractivity contribution in [2.45, 2.75) is 25.8 Å². The molecule has 0 radical (unpaired) electrons. The Morgan fingerprint density at radius 3 is 2.66 bits per heavy atom. The standard InChI is InChI=1S/C23H23N5O/c1-16-2-5-20(6-3-16)29-23-21-7-4-17(12-22(21)25-15-26-23)18-13-27-28(14-18)19-8-10-24-11-9-19/h2-7,12-15,19,24H,8-11H2,1H3. The van der Waals surface area contributed by atoms with Gasteiger partial charge in [-0.1, -0.05) is 23.8 Å². The second-order valence-corrected chi connectivity index (χ2v) is 7.52. The second kappa shape index (κ2) is 7.64. The topological polar surface area (TPSA) is 64.9 Å². The minimum Gasteiger partial charge on any atom is -0.438 e. The van der Waals surface area contributed by atoms with Crippen molar-refractivity contribution in [1.29, 1.82) is 0 Å². The first-order valence-electron chi connectivity index (χ1n) is 10.0. The summed E-state index contributed by atoms with van der Waals surface area (Å²) >= 11 is 0. The Kier molecular flexibility index (Phi) is 4.69. The summed E-state index contributed by atoms with van der Waals surface area (Å²) in [6, 6.07) is 14.6. The van der Waals surface area contributed by atoms with Gasteiger partial charge in [-0.3, -0.25) is 4.68 Å². The summed E-state index contributed by atoms with van der Waals surface area (Å²) in [5, 5.41) is 8.90. The van der Waals surface area contributed by atoms with Crippen LogP contribution >= 0.6 is 0 Å². The van der Waals surface area contributed by atoms with Crippen molar-refractivity contribution in [2.75, 3.05) is 13.1 Å². The van der Waals surface area contributed by atoms with Gasteiger partial charge in [0.1, 0.15) is 12.1 Å². The number of aromatic nitrogens is 4. The number of ether oxygens (including phenoxy) is 1. The molecule has 1 aliphatic heterocycles. The lowest BCUT2D eigenvalue weighted by molar-refractivity contribution is 0.343. The molecule has 29 heavy (non-hydrogen) atoms. The van der Waals surface area contributed by atoms with Crippen LogP contribution in [0.4, 0.5) is 0 Å². The van der Waals surface area contributed by atoms with Crippen LogP contribution in [0, 0.1) is 6.92 Å². The number of piperidine rings is 1. The van der Waals surface area contributed by atoms with E-state index in [1.807, 2.05) is 36.5 Å². The van der Waals surface area contributed by atoms with Crippen LogP contribution in [0.5, 0.6) is 11.6 Å². The Bertz CT molecular complexity index is 1130. The fourth-order valence-electron chi connectivity index (χ4n) is 3.77. The Balaban J connectivity index is 1.43. The van der Waals surface area contributed by atoms with Crippen molar-refractivity contribution in [3.8, 4) is 22.8 Å². The summed E-state index contributed by atoms with van der Waals surface area (Å²) in [6.45, 7) is 4.16. The fraction of sp³-hybridized carbons (Fsp3) is 0.261. The molecule has 2 aromatic carbocycles. The molecular weight excluding hydrogens is 362 g/mol. The molecule has 2 aromatic heterocycles. The van der Waals surface area contributed by atoms with Gasteiger partial charge in [-0.15, -0.1) is 0 Å². The van der Waals surface area contributed by atoms with Crippen molar-refractivity contribution in [1.82, 2.24) is 25.1 Å². The van der Waals surface area contributed by atoms with Crippen LogP contribution in [0.15, 0.2) is 61.2 Å². The maximum Gasteiger partial charge on any atom is 0.230 e. The van der Waals surface area contributed by atoms with Gasteiger partial charge in [0, 0.05) is 11.8 Å². The highest BCUT2D eigenvalue weighted by atomic mass is 16.5. The van der Waals surface area contributed by atoms with Gasteiger partial charge in [-0.2, -0.15) is 5.10 Å². The predicted molar refractivity (Wildman–Crippen MR) is 113 cm³/mol. The Morgan fingerprint density at radius 2 is 1.83 bits per heavy atom. The van der Waals surface area contributed by atoms with Crippen LogP contribution in [0.25, 0.3) is 22.0 Å². The third kappa shape index (κ3) is 3.71. The summed E-state index contributed by atoms with van der Waals surface area (Å²) in [6.07, 6.45) is 7.86. The maximum absolute atomic E-state index is 6.00. The van der Waals surface area contributed by atoms with E-state index >= 15 is 0 Å². The van der Waals surface area contributed by atoms with E-state index in [1.54, 1.807) is 6.33 Å². The molecular formula is C23H23N5O. The van der Waals surface area contributed by atoms with Gasteiger partial charge in [-0.05, 0) is 62.7 Å². The third-order valence-corrected chi connectivity index (χ3v) is 5.45. The van der Waals surface area contributed by atoms with Crippen molar-refractivity contribution < 1.29 is 4.74 Å². The molecule has 1 aliphatic rings. The van der Waals surface area contributed by atoms with E-state index in [1.165, 1.54) is 5.56 Å². The van der Waals surface area contributed by atoms with Crippen LogP contribution in [-0.4, -0.2) is 32.8 Å². The number of fused-ring (bicyclic) bond motifs is 1. The first-order valence-corrected chi connectivity index (χ1v) is 10.0. The molecule has 1 saturated heterocycles. The van der Waals surface area contributed by atoms with Gasteiger partial charge in [0.25, 0.3) is 0 Å². The first-order chi connectivity index (χ1) is 14.3. The highest BCUT2D eigenvalue weighted by Gasteiger charge is 2.16. The van der Waals surface area contributed by atoms with Gasteiger partial charge in [0.15, 0.2) is 0 Å². The van der Waals surface area contributed by atoms with E-state index < -0.39 is 0 Å². The molecule has 0 amide bonds. The number of nitrogens with zero attached hydrogens (tertiary/aromatic N) is 4. The zero-order valence-corrected chi connectivity index (χ0v) is 16.4. The minimum absolute atomic E-state index is 0.474. The molecule has 0 unspecified atom stereocenters. The molecule has 1 fully saturated rings. The monoisotopic (exact) mass is 385 g/mol. The van der Waals surface area contributed by atoms with Crippen LogP contribution in [0.3, 0.4) is 0 Å². The first kappa shape index (κ1) is 17.8. The lowest BCUT2D eigenvalue weighted by Crippen LogP contribution is -2.29.